The summed E-state index contributed by atoms with van der Waals surface area (Å²) >= 11 is 0. The number of nitrogens with zero attached hydrogens (tertiary/aromatic N) is 1. The Morgan fingerprint density at radius 1 is 1.47 bits per heavy atom. The van der Waals surface area contributed by atoms with Crippen molar-refractivity contribution in [3.05, 3.63) is 48.2 Å². The van der Waals surface area contributed by atoms with Crippen molar-refractivity contribution in [2.75, 3.05) is 0 Å². The van der Waals surface area contributed by atoms with Crippen LogP contribution in [0.15, 0.2) is 41.1 Å². The number of hydrogen-bond acceptors (Lipinski definition) is 4. The van der Waals surface area contributed by atoms with E-state index in [9.17, 15) is 9.90 Å². The zero-order valence-electron chi connectivity index (χ0n) is 10.7. The van der Waals surface area contributed by atoms with Crippen LogP contribution in [0.25, 0.3) is 0 Å². The van der Waals surface area contributed by atoms with Crippen molar-refractivity contribution in [1.82, 2.24) is 10.3 Å². The first-order valence-corrected chi connectivity index (χ1v) is 6.14. The van der Waals surface area contributed by atoms with Crippen molar-refractivity contribution in [2.45, 2.75) is 25.8 Å². The van der Waals surface area contributed by atoms with Gasteiger partial charge in [-0.15, -0.1) is 0 Å². The summed E-state index contributed by atoms with van der Waals surface area (Å²) in [6.45, 7) is 1.90. The lowest BCUT2D eigenvalue weighted by Gasteiger charge is -2.13. The fourth-order valence-corrected chi connectivity index (χ4v) is 1.75. The van der Waals surface area contributed by atoms with E-state index in [-0.39, 0.29) is 23.4 Å². The van der Waals surface area contributed by atoms with Crippen molar-refractivity contribution >= 4 is 5.91 Å². The molecule has 0 saturated carbocycles. The summed E-state index contributed by atoms with van der Waals surface area (Å²) in [7, 11) is 0. The van der Waals surface area contributed by atoms with Gasteiger partial charge in [0.25, 0.3) is 5.91 Å². The van der Waals surface area contributed by atoms with Gasteiger partial charge in [-0.2, -0.15) is 0 Å². The summed E-state index contributed by atoms with van der Waals surface area (Å²) in [5.41, 5.74) is 0.0485. The first kappa shape index (κ1) is 13.1. The number of carbonyl (C=O) groups excluding carboxylic acids is 1. The number of aryl methyl sites for hydroxylation is 1. The molecule has 0 saturated heterocycles. The molecule has 0 aliphatic carbocycles. The Balaban J connectivity index is 1.87. The highest BCUT2D eigenvalue weighted by Crippen LogP contribution is 2.13. The molecule has 2 heterocycles. The summed E-state index contributed by atoms with van der Waals surface area (Å²) in [5.74, 6) is 0.407. The van der Waals surface area contributed by atoms with E-state index in [2.05, 4.69) is 10.3 Å². The number of carbonyl (C=O) groups is 1. The monoisotopic (exact) mass is 260 g/mol. The number of amides is 1. The van der Waals surface area contributed by atoms with Gasteiger partial charge in [0.2, 0.25) is 0 Å². The van der Waals surface area contributed by atoms with E-state index in [0.717, 1.165) is 18.6 Å². The molecule has 0 bridgehead atoms. The zero-order valence-corrected chi connectivity index (χ0v) is 10.7. The van der Waals surface area contributed by atoms with Crippen LogP contribution in [-0.4, -0.2) is 22.0 Å². The van der Waals surface area contributed by atoms with Crippen molar-refractivity contribution in [3.8, 4) is 5.75 Å². The largest absolute Gasteiger partial charge is 0.505 e. The smallest absolute Gasteiger partial charge is 0.273 e. The summed E-state index contributed by atoms with van der Waals surface area (Å²) in [6.07, 6.45) is 4.61. The van der Waals surface area contributed by atoms with Gasteiger partial charge in [-0.05, 0) is 37.6 Å². The molecular weight excluding hydrogens is 244 g/mol. The lowest BCUT2D eigenvalue weighted by molar-refractivity contribution is 0.0930. The van der Waals surface area contributed by atoms with E-state index >= 15 is 0 Å². The second-order valence-corrected chi connectivity index (χ2v) is 4.36. The second kappa shape index (κ2) is 6.04. The molecule has 1 unspecified atom stereocenters. The number of hydrogen-bond donors (Lipinski definition) is 2. The number of pyridine rings is 1. The Hall–Kier alpha value is -2.30. The Kier molecular flexibility index (Phi) is 4.18. The average Bonchev–Trinajstić information content (AvgIpc) is 2.90. The third-order valence-electron chi connectivity index (χ3n) is 2.78. The minimum atomic E-state index is -0.370. The van der Waals surface area contributed by atoms with Crippen molar-refractivity contribution in [2.24, 2.45) is 0 Å². The number of aromatic nitrogens is 1. The van der Waals surface area contributed by atoms with E-state index < -0.39 is 0 Å². The summed E-state index contributed by atoms with van der Waals surface area (Å²) in [6, 6.07) is 6.73. The molecule has 1 atom stereocenters. The van der Waals surface area contributed by atoms with Gasteiger partial charge in [-0.3, -0.25) is 4.79 Å². The predicted octanol–water partition coefficient (Wildman–Crippen LogP) is 2.13. The Bertz CT molecular complexity index is 537. The maximum atomic E-state index is 11.9. The fraction of sp³-hybridized carbons (Fsp3) is 0.286. The third kappa shape index (κ3) is 3.58. The summed E-state index contributed by atoms with van der Waals surface area (Å²) < 4.78 is 5.23. The van der Waals surface area contributed by atoms with E-state index in [0.29, 0.717) is 0 Å². The lowest BCUT2D eigenvalue weighted by Crippen LogP contribution is -2.33. The summed E-state index contributed by atoms with van der Waals surface area (Å²) in [5, 5.41) is 12.3. The van der Waals surface area contributed by atoms with Crippen LogP contribution in [-0.2, 0) is 6.42 Å². The molecule has 19 heavy (non-hydrogen) atoms. The molecule has 2 N–H and O–H groups in total. The van der Waals surface area contributed by atoms with Crippen LogP contribution < -0.4 is 5.32 Å². The van der Waals surface area contributed by atoms with Gasteiger partial charge in [0.05, 0.1) is 6.26 Å². The van der Waals surface area contributed by atoms with E-state index in [1.807, 2.05) is 19.1 Å². The Morgan fingerprint density at radius 3 is 3.00 bits per heavy atom. The van der Waals surface area contributed by atoms with Crippen LogP contribution >= 0.6 is 0 Å². The number of aromatic hydroxyl groups is 1. The lowest BCUT2D eigenvalue weighted by atomic mass is 10.1. The van der Waals surface area contributed by atoms with Gasteiger partial charge in [0.15, 0.2) is 5.69 Å². The van der Waals surface area contributed by atoms with Crippen LogP contribution in [0.2, 0.25) is 0 Å². The molecule has 100 valence electrons. The van der Waals surface area contributed by atoms with Gasteiger partial charge >= 0.3 is 0 Å². The molecule has 0 radical (unpaired) electrons. The average molecular weight is 260 g/mol. The van der Waals surface area contributed by atoms with Crippen LogP contribution in [0.5, 0.6) is 5.75 Å². The van der Waals surface area contributed by atoms with Gasteiger partial charge < -0.3 is 14.8 Å². The first-order valence-electron chi connectivity index (χ1n) is 6.14. The topological polar surface area (TPSA) is 75.4 Å². The highest BCUT2D eigenvalue weighted by atomic mass is 16.3. The van der Waals surface area contributed by atoms with Gasteiger partial charge in [0.1, 0.15) is 11.5 Å². The standard InChI is InChI=1S/C14H16N2O3/c1-10(6-7-11-4-3-9-19-11)16-14(18)13-12(17)5-2-8-15-13/h2-5,8-10,17H,6-7H2,1H3,(H,16,18). The SMILES string of the molecule is CC(CCc1ccco1)NC(=O)c1ncccc1O. The van der Waals surface area contributed by atoms with Crippen LogP contribution in [0.3, 0.4) is 0 Å². The number of furan rings is 1. The van der Waals surface area contributed by atoms with Crippen LogP contribution in [0, 0.1) is 0 Å². The van der Waals surface area contributed by atoms with E-state index in [4.69, 9.17) is 4.42 Å². The zero-order chi connectivity index (χ0) is 13.7. The molecule has 2 aromatic rings. The van der Waals surface area contributed by atoms with Crippen molar-refractivity contribution in [3.63, 3.8) is 0 Å². The normalized spacial score (nSPS) is 12.1. The van der Waals surface area contributed by atoms with Gasteiger partial charge in [-0.25, -0.2) is 4.98 Å². The minimum absolute atomic E-state index is 0.0287. The third-order valence-corrected chi connectivity index (χ3v) is 2.78. The highest BCUT2D eigenvalue weighted by molar-refractivity contribution is 5.94. The maximum absolute atomic E-state index is 11.9. The van der Waals surface area contributed by atoms with E-state index in [1.54, 1.807) is 12.3 Å². The number of rotatable bonds is 5. The minimum Gasteiger partial charge on any atom is -0.505 e. The summed E-state index contributed by atoms with van der Waals surface area (Å²) in [4.78, 5) is 15.7. The number of nitrogens with one attached hydrogen (secondary N) is 1. The Labute approximate surface area is 111 Å². The van der Waals surface area contributed by atoms with Gasteiger partial charge in [-0.1, -0.05) is 0 Å². The quantitative estimate of drug-likeness (QED) is 0.863. The molecule has 0 aliphatic rings. The van der Waals surface area contributed by atoms with Crippen molar-refractivity contribution in [1.29, 1.82) is 0 Å². The molecule has 0 aliphatic heterocycles. The predicted molar refractivity (Wildman–Crippen MR) is 69.9 cm³/mol. The maximum Gasteiger partial charge on any atom is 0.273 e. The molecule has 5 heteroatoms. The van der Waals surface area contributed by atoms with Crippen LogP contribution in [0.1, 0.15) is 29.6 Å². The molecule has 0 fully saturated rings. The van der Waals surface area contributed by atoms with Crippen molar-refractivity contribution < 1.29 is 14.3 Å². The molecule has 2 rings (SSSR count). The molecule has 0 aromatic carbocycles. The molecular formula is C14H16N2O3. The fourth-order valence-electron chi connectivity index (χ4n) is 1.75. The van der Waals surface area contributed by atoms with E-state index in [1.165, 1.54) is 12.3 Å². The molecule has 5 nitrogen and oxygen atoms in total. The first-order chi connectivity index (χ1) is 9.16. The molecule has 0 spiro atoms. The van der Waals surface area contributed by atoms with Gasteiger partial charge in [0, 0.05) is 18.7 Å². The Morgan fingerprint density at radius 2 is 2.32 bits per heavy atom. The highest BCUT2D eigenvalue weighted by Gasteiger charge is 2.14. The molecule has 1 amide bonds. The van der Waals surface area contributed by atoms with Crippen LogP contribution in [0.4, 0.5) is 0 Å². The second-order valence-electron chi connectivity index (χ2n) is 4.36. The molecule has 2 aromatic heterocycles.